The fraction of sp³-hybridized carbons (Fsp3) is 0.561. The lowest BCUT2D eigenvalue weighted by Crippen LogP contribution is -2.36. The number of phenols is 1. The smallest absolute Gasteiger partial charge is 0.123 e. The van der Waals surface area contributed by atoms with E-state index in [-0.39, 0.29) is 5.60 Å². The van der Waals surface area contributed by atoms with Crippen molar-refractivity contribution in [3.05, 3.63) is 93.7 Å². The molecule has 0 aliphatic carbocycles. The molecule has 1 aliphatic heterocycles. The van der Waals surface area contributed by atoms with Crippen molar-refractivity contribution in [2.75, 3.05) is 0 Å². The third kappa shape index (κ3) is 16.1. The summed E-state index contributed by atoms with van der Waals surface area (Å²) in [6.07, 6.45) is 30.1. The van der Waals surface area contributed by atoms with Crippen LogP contribution >= 0.6 is 0 Å². The quantitative estimate of drug-likeness (QED) is 0.173. The molecule has 0 fully saturated rings. The molecule has 0 radical (unpaired) electrons. The molecule has 0 aromatic heterocycles. The predicted molar refractivity (Wildman–Crippen MR) is 189 cm³/mol. The molecule has 1 aliphatic rings. The first-order chi connectivity index (χ1) is 20.5. The first-order valence-corrected chi connectivity index (χ1v) is 16.9. The Morgan fingerprint density at radius 1 is 0.651 bits per heavy atom. The summed E-state index contributed by atoms with van der Waals surface area (Å²) in [5.74, 6) is 1.26. The van der Waals surface area contributed by atoms with E-state index < -0.39 is 0 Å². The number of rotatable bonds is 18. The zero-order valence-electron chi connectivity index (χ0n) is 29.0. The first kappa shape index (κ1) is 36.5. The lowest BCUT2D eigenvalue weighted by atomic mass is 9.88. The Balaban J connectivity index is 1.60. The van der Waals surface area contributed by atoms with Gasteiger partial charge in [-0.3, -0.25) is 0 Å². The lowest BCUT2D eigenvalue weighted by molar-refractivity contribution is 0.0570. The maximum absolute atomic E-state index is 9.72. The number of hydrogen-bond acceptors (Lipinski definition) is 2. The molecule has 1 heterocycles. The van der Waals surface area contributed by atoms with E-state index in [9.17, 15) is 5.11 Å². The van der Waals surface area contributed by atoms with Gasteiger partial charge in [-0.2, -0.15) is 0 Å². The molecule has 2 heteroatoms. The molecule has 2 nitrogen and oxygen atoms in total. The number of hydrogen-bond donors (Lipinski definition) is 1. The summed E-state index contributed by atoms with van der Waals surface area (Å²) in [5, 5.41) is 9.72. The third-order valence-corrected chi connectivity index (χ3v) is 8.71. The van der Waals surface area contributed by atoms with Gasteiger partial charge in [0.15, 0.2) is 0 Å². The number of allylic oxidation sites excluding steroid dienone is 12. The average molecular weight is 587 g/mol. The van der Waals surface area contributed by atoms with Gasteiger partial charge < -0.3 is 9.84 Å². The summed E-state index contributed by atoms with van der Waals surface area (Å²) >= 11 is 0. The highest BCUT2D eigenvalue weighted by atomic mass is 16.5. The molecule has 1 N–H and O–H groups in total. The van der Waals surface area contributed by atoms with Crippen LogP contribution in [0.1, 0.15) is 144 Å². The highest BCUT2D eigenvalue weighted by Gasteiger charge is 2.30. The van der Waals surface area contributed by atoms with Crippen LogP contribution in [0.2, 0.25) is 0 Å². The van der Waals surface area contributed by atoms with Crippen molar-refractivity contribution in [3.63, 3.8) is 0 Å². The van der Waals surface area contributed by atoms with E-state index in [2.05, 4.69) is 91.8 Å². The van der Waals surface area contributed by atoms with Gasteiger partial charge in [-0.1, -0.05) is 69.9 Å². The highest BCUT2D eigenvalue weighted by Crippen LogP contribution is 2.37. The molecule has 2 rings (SSSR count). The van der Waals surface area contributed by atoms with Crippen LogP contribution in [-0.2, 0) is 6.42 Å². The van der Waals surface area contributed by atoms with Crippen LogP contribution in [0.4, 0.5) is 0 Å². The van der Waals surface area contributed by atoms with Gasteiger partial charge >= 0.3 is 0 Å². The van der Waals surface area contributed by atoms with Gasteiger partial charge in [0.05, 0.1) is 0 Å². The molecule has 0 unspecified atom stereocenters. The molecule has 1 atom stereocenters. The van der Waals surface area contributed by atoms with Gasteiger partial charge in [0.1, 0.15) is 17.1 Å². The second-order valence-corrected chi connectivity index (χ2v) is 13.6. The number of benzene rings is 1. The average Bonchev–Trinajstić information content (AvgIpc) is 2.93. The zero-order valence-corrected chi connectivity index (χ0v) is 29.0. The minimum Gasteiger partial charge on any atom is -0.508 e. The van der Waals surface area contributed by atoms with E-state index >= 15 is 0 Å². The van der Waals surface area contributed by atoms with E-state index in [0.717, 1.165) is 75.5 Å². The highest BCUT2D eigenvalue weighted by molar-refractivity contribution is 5.41. The molecule has 0 saturated carbocycles. The fourth-order valence-corrected chi connectivity index (χ4v) is 5.66. The molecule has 1 aromatic carbocycles. The zero-order chi connectivity index (χ0) is 31.7. The fourth-order valence-electron chi connectivity index (χ4n) is 5.66. The first-order valence-electron chi connectivity index (χ1n) is 16.9. The van der Waals surface area contributed by atoms with Gasteiger partial charge in [-0.25, -0.2) is 0 Å². The second-order valence-electron chi connectivity index (χ2n) is 13.6. The topological polar surface area (TPSA) is 29.5 Å². The van der Waals surface area contributed by atoms with Gasteiger partial charge in [0.2, 0.25) is 0 Å². The second kappa shape index (κ2) is 19.5. The van der Waals surface area contributed by atoms with E-state index in [1.807, 2.05) is 12.1 Å². The molecule has 43 heavy (non-hydrogen) atoms. The summed E-state index contributed by atoms with van der Waals surface area (Å²) in [7, 11) is 0. The summed E-state index contributed by atoms with van der Waals surface area (Å²) in [5.41, 5.74) is 9.95. The number of ether oxygens (including phenoxy) is 1. The normalized spacial score (nSPS) is 18.4. The Morgan fingerprint density at radius 2 is 1.07 bits per heavy atom. The number of phenolic OH excluding ortho intramolecular Hbond substituents is 1. The van der Waals surface area contributed by atoms with E-state index in [4.69, 9.17) is 4.74 Å². The molecule has 1 aromatic rings. The summed E-state index contributed by atoms with van der Waals surface area (Å²) < 4.78 is 6.33. The molecule has 0 saturated heterocycles. The van der Waals surface area contributed by atoms with E-state index in [1.165, 1.54) is 59.1 Å². The molecular formula is C41H62O2. The summed E-state index contributed by atoms with van der Waals surface area (Å²) in [6, 6.07) is 5.46. The standard InChI is InChI=1S/C41H62O2/c1-32(2)15-9-16-33(3)17-10-18-34(4)19-11-20-35(5)21-12-22-36(6)23-13-24-37(7)25-14-29-41(8)30-28-38-31-39(42)26-27-40(38)43-41/h15,17,19,21,23,25-27,31,42H,9-14,16,18,20,22,24,28-30H2,1-8H3/t41-/m1/s1. The molecule has 0 spiro atoms. The monoisotopic (exact) mass is 586 g/mol. The predicted octanol–water partition coefficient (Wildman–Crippen LogP) is 12.9. The summed E-state index contributed by atoms with van der Waals surface area (Å²) in [4.78, 5) is 0. The molecular weight excluding hydrogens is 524 g/mol. The van der Waals surface area contributed by atoms with Gasteiger partial charge in [-0.15, -0.1) is 0 Å². The Labute approximate surface area is 265 Å². The minimum atomic E-state index is -0.125. The number of aryl methyl sites for hydroxylation is 1. The van der Waals surface area contributed by atoms with Crippen LogP contribution in [0.15, 0.2) is 88.1 Å². The van der Waals surface area contributed by atoms with Crippen LogP contribution in [-0.4, -0.2) is 10.7 Å². The van der Waals surface area contributed by atoms with Crippen molar-refractivity contribution in [2.24, 2.45) is 0 Å². The van der Waals surface area contributed by atoms with Crippen molar-refractivity contribution in [3.8, 4) is 11.5 Å². The lowest BCUT2D eigenvalue weighted by Gasteiger charge is -2.35. The summed E-state index contributed by atoms with van der Waals surface area (Å²) in [6.45, 7) is 18.0. The largest absolute Gasteiger partial charge is 0.508 e. The third-order valence-electron chi connectivity index (χ3n) is 8.71. The SMILES string of the molecule is CC(C)=CCCC(C)=CCCC(C)=CCCC(C)=CCCC(C)=CCCC(C)=CCC[C@]1(C)CCc2cc(O)ccc2O1. The Bertz CT molecular complexity index is 1180. The van der Waals surface area contributed by atoms with E-state index in [0.29, 0.717) is 5.75 Å². The Hall–Kier alpha value is -2.74. The van der Waals surface area contributed by atoms with Crippen LogP contribution in [0, 0.1) is 0 Å². The number of fused-ring (bicyclic) bond motifs is 1. The van der Waals surface area contributed by atoms with Crippen LogP contribution in [0.5, 0.6) is 11.5 Å². The van der Waals surface area contributed by atoms with Crippen molar-refractivity contribution in [2.45, 2.75) is 151 Å². The number of aromatic hydroxyl groups is 1. The maximum atomic E-state index is 9.72. The van der Waals surface area contributed by atoms with Crippen molar-refractivity contribution < 1.29 is 9.84 Å². The Morgan fingerprint density at radius 3 is 1.51 bits per heavy atom. The van der Waals surface area contributed by atoms with Crippen molar-refractivity contribution in [1.82, 2.24) is 0 Å². The minimum absolute atomic E-state index is 0.125. The van der Waals surface area contributed by atoms with Crippen molar-refractivity contribution >= 4 is 0 Å². The van der Waals surface area contributed by atoms with E-state index in [1.54, 1.807) is 6.07 Å². The van der Waals surface area contributed by atoms with Crippen LogP contribution in [0.3, 0.4) is 0 Å². The molecule has 0 bridgehead atoms. The van der Waals surface area contributed by atoms with Crippen LogP contribution < -0.4 is 4.74 Å². The molecule has 238 valence electrons. The van der Waals surface area contributed by atoms with Gasteiger partial charge in [-0.05, 0) is 169 Å². The van der Waals surface area contributed by atoms with Crippen molar-refractivity contribution in [1.29, 1.82) is 0 Å². The van der Waals surface area contributed by atoms with Gasteiger partial charge in [0.25, 0.3) is 0 Å². The van der Waals surface area contributed by atoms with Gasteiger partial charge in [0, 0.05) is 0 Å². The maximum Gasteiger partial charge on any atom is 0.123 e. The van der Waals surface area contributed by atoms with Crippen LogP contribution in [0.25, 0.3) is 0 Å². The molecule has 0 amide bonds. The Kier molecular flexibility index (Phi) is 16.5.